The number of anilines is 2. The van der Waals surface area contributed by atoms with Crippen LogP contribution in [-0.4, -0.2) is 55.5 Å². The molecule has 0 aromatic carbocycles. The van der Waals surface area contributed by atoms with E-state index in [1.165, 1.54) is 11.0 Å². The zero-order valence-electron chi connectivity index (χ0n) is 21.0. The van der Waals surface area contributed by atoms with Gasteiger partial charge in [0.25, 0.3) is 5.91 Å². The smallest absolute Gasteiger partial charge is 0.412 e. The Morgan fingerprint density at radius 1 is 1.23 bits per heavy atom. The maximum absolute atomic E-state index is 13.8. The van der Waals surface area contributed by atoms with Crippen molar-refractivity contribution in [2.75, 3.05) is 16.3 Å². The second-order valence-corrected chi connectivity index (χ2v) is 10.1. The molecule has 1 unspecified atom stereocenters. The Labute approximate surface area is 220 Å². The van der Waals surface area contributed by atoms with Crippen molar-refractivity contribution < 1.29 is 27.5 Å². The monoisotopic (exact) mass is 542 g/mol. The number of pyridine rings is 2. The van der Waals surface area contributed by atoms with Crippen LogP contribution in [0.3, 0.4) is 0 Å². The molecule has 3 aliphatic rings. The lowest BCUT2D eigenvalue weighted by Crippen LogP contribution is -2.35. The summed E-state index contributed by atoms with van der Waals surface area (Å²) in [6, 6.07) is 6.70. The minimum Gasteiger partial charge on any atom is -0.443 e. The fraction of sp³-hybridized carbons (Fsp3) is 0.440. The quantitative estimate of drug-likeness (QED) is 0.500. The Balaban J connectivity index is 1.35. The second-order valence-electron chi connectivity index (χ2n) is 10.1. The first-order chi connectivity index (χ1) is 18.6. The minimum atomic E-state index is -4.46. The topological polar surface area (TPSA) is 132 Å². The SMILES string of the molecule is CC1CCCN1c1cc2c(c(COC(N)=O)n1)CN(c1cccc(-c3nncn3C3(C(F)(F)F)CC3)n1)C2=O. The van der Waals surface area contributed by atoms with Gasteiger partial charge >= 0.3 is 12.3 Å². The number of halogens is 3. The van der Waals surface area contributed by atoms with Crippen LogP contribution in [0.2, 0.25) is 0 Å². The molecule has 2 fully saturated rings. The number of primary amides is 1. The van der Waals surface area contributed by atoms with E-state index in [1.807, 2.05) is 0 Å². The van der Waals surface area contributed by atoms with E-state index < -0.39 is 17.8 Å². The molecule has 0 spiro atoms. The van der Waals surface area contributed by atoms with E-state index in [9.17, 15) is 22.8 Å². The van der Waals surface area contributed by atoms with Crippen molar-refractivity contribution in [2.24, 2.45) is 5.73 Å². The molecule has 39 heavy (non-hydrogen) atoms. The summed E-state index contributed by atoms with van der Waals surface area (Å²) in [7, 11) is 0. The Hall–Kier alpha value is -4.23. The predicted octanol–water partition coefficient (Wildman–Crippen LogP) is 3.53. The number of carbonyl (C=O) groups is 2. The molecule has 1 aliphatic carbocycles. The molecular formula is C25H25F3N8O3. The molecule has 1 saturated carbocycles. The number of alkyl halides is 3. The fourth-order valence-electron chi connectivity index (χ4n) is 5.42. The van der Waals surface area contributed by atoms with E-state index in [0.717, 1.165) is 30.3 Å². The number of ether oxygens (including phenoxy) is 1. The number of hydrogen-bond acceptors (Lipinski definition) is 8. The number of nitrogens with two attached hydrogens (primary N) is 1. The summed E-state index contributed by atoms with van der Waals surface area (Å²) in [6.07, 6.45) is -2.51. The molecule has 204 valence electrons. The second kappa shape index (κ2) is 8.92. The number of nitrogens with zero attached hydrogens (tertiary/aromatic N) is 7. The van der Waals surface area contributed by atoms with Crippen molar-refractivity contribution in [3.05, 3.63) is 47.4 Å². The average molecular weight is 543 g/mol. The van der Waals surface area contributed by atoms with Crippen LogP contribution in [0, 0.1) is 0 Å². The highest BCUT2D eigenvalue weighted by atomic mass is 19.4. The first-order valence-electron chi connectivity index (χ1n) is 12.6. The van der Waals surface area contributed by atoms with Gasteiger partial charge in [0.05, 0.1) is 17.8 Å². The minimum absolute atomic E-state index is 0.0293. The number of carbonyl (C=O) groups excluding carboxylic acids is 2. The van der Waals surface area contributed by atoms with Crippen LogP contribution in [0.5, 0.6) is 0 Å². The van der Waals surface area contributed by atoms with Crippen LogP contribution in [0.1, 0.15) is 54.2 Å². The third kappa shape index (κ3) is 4.14. The Bertz CT molecular complexity index is 1470. The molecule has 0 bridgehead atoms. The van der Waals surface area contributed by atoms with E-state index in [4.69, 9.17) is 15.5 Å². The number of rotatable bonds is 6. The highest BCUT2D eigenvalue weighted by Crippen LogP contribution is 2.56. The Morgan fingerprint density at radius 2 is 2.03 bits per heavy atom. The van der Waals surface area contributed by atoms with Crippen molar-refractivity contribution in [3.63, 3.8) is 0 Å². The summed E-state index contributed by atoms with van der Waals surface area (Å²) < 4.78 is 47.5. The molecule has 11 nitrogen and oxygen atoms in total. The normalized spacial score (nSPS) is 19.9. The molecule has 2 N–H and O–H groups in total. The highest BCUT2D eigenvalue weighted by molar-refractivity contribution is 6.10. The lowest BCUT2D eigenvalue weighted by molar-refractivity contribution is -0.179. The first-order valence-corrected chi connectivity index (χ1v) is 12.6. The lowest BCUT2D eigenvalue weighted by atomic mass is 10.1. The van der Waals surface area contributed by atoms with E-state index in [0.29, 0.717) is 22.6 Å². The molecule has 0 radical (unpaired) electrons. The molecule has 3 aromatic rings. The standard InChI is InChI=1S/C25H25F3N8O3/c1-14-4-3-9-34(14)20-10-15-16(18(32-20)12-39-23(29)38)11-35(22(15)37)19-6-2-5-17(31-19)21-33-30-13-36(21)24(7-8-24)25(26,27)28/h2,5-6,10,13-14H,3-4,7-9,11-12H2,1H3,(H2,29,38). The zero-order valence-corrected chi connectivity index (χ0v) is 21.0. The molecule has 1 atom stereocenters. The maximum atomic E-state index is 13.8. The van der Waals surface area contributed by atoms with E-state index in [-0.39, 0.29) is 55.3 Å². The van der Waals surface area contributed by atoms with Crippen molar-refractivity contribution in [2.45, 2.75) is 63.5 Å². The highest BCUT2D eigenvalue weighted by Gasteiger charge is 2.65. The van der Waals surface area contributed by atoms with Crippen LogP contribution in [0.15, 0.2) is 30.6 Å². The van der Waals surface area contributed by atoms with Gasteiger partial charge in [0.2, 0.25) is 0 Å². The molecule has 1 saturated heterocycles. The van der Waals surface area contributed by atoms with Gasteiger partial charge in [-0.15, -0.1) is 10.2 Å². The molecule has 2 aliphatic heterocycles. The number of fused-ring (bicyclic) bond motifs is 1. The lowest BCUT2D eigenvalue weighted by Gasteiger charge is -2.23. The van der Waals surface area contributed by atoms with Crippen molar-refractivity contribution in [3.8, 4) is 11.5 Å². The van der Waals surface area contributed by atoms with Crippen molar-refractivity contribution in [1.29, 1.82) is 0 Å². The van der Waals surface area contributed by atoms with Gasteiger partial charge in [0, 0.05) is 18.2 Å². The summed E-state index contributed by atoms with van der Waals surface area (Å²) in [5.74, 6) is 0.464. The van der Waals surface area contributed by atoms with Crippen LogP contribution in [-0.2, 0) is 23.4 Å². The summed E-state index contributed by atoms with van der Waals surface area (Å²) in [5, 5.41) is 7.64. The van der Waals surface area contributed by atoms with Crippen molar-refractivity contribution >= 4 is 23.6 Å². The maximum Gasteiger partial charge on any atom is 0.412 e. The number of aromatic nitrogens is 5. The third-order valence-corrected chi connectivity index (χ3v) is 7.69. The van der Waals surface area contributed by atoms with Crippen molar-refractivity contribution in [1.82, 2.24) is 24.7 Å². The first kappa shape index (κ1) is 25.1. The van der Waals surface area contributed by atoms with E-state index in [2.05, 4.69) is 27.0 Å². The molecule has 3 aromatic heterocycles. The van der Waals surface area contributed by atoms with E-state index in [1.54, 1.807) is 18.2 Å². The third-order valence-electron chi connectivity index (χ3n) is 7.69. The molecular weight excluding hydrogens is 517 g/mol. The summed E-state index contributed by atoms with van der Waals surface area (Å²) >= 11 is 0. The number of hydrogen-bond donors (Lipinski definition) is 1. The van der Waals surface area contributed by atoms with E-state index >= 15 is 0 Å². The number of amides is 2. The largest absolute Gasteiger partial charge is 0.443 e. The zero-order chi connectivity index (χ0) is 27.5. The molecule has 2 amide bonds. The van der Waals surface area contributed by atoms with Gasteiger partial charge in [-0.2, -0.15) is 13.2 Å². The van der Waals surface area contributed by atoms with Gasteiger partial charge in [0.1, 0.15) is 35.8 Å². The van der Waals surface area contributed by atoms with Gasteiger partial charge in [-0.25, -0.2) is 14.8 Å². The molecule has 14 heteroatoms. The average Bonchev–Trinajstić information content (AvgIpc) is 3.21. The Kier molecular flexibility index (Phi) is 5.73. The summed E-state index contributed by atoms with van der Waals surface area (Å²) in [4.78, 5) is 37.7. The summed E-state index contributed by atoms with van der Waals surface area (Å²) in [6.45, 7) is 2.74. The van der Waals surface area contributed by atoms with Gasteiger partial charge in [-0.1, -0.05) is 6.07 Å². The molecule has 6 rings (SSSR count). The van der Waals surface area contributed by atoms with Crippen LogP contribution < -0.4 is 15.5 Å². The van der Waals surface area contributed by atoms with Gasteiger partial charge < -0.3 is 15.4 Å². The van der Waals surface area contributed by atoms with Crippen LogP contribution in [0.4, 0.5) is 29.6 Å². The fourth-order valence-corrected chi connectivity index (χ4v) is 5.42. The van der Waals surface area contributed by atoms with Gasteiger partial charge in [-0.3, -0.25) is 14.3 Å². The van der Waals surface area contributed by atoms with Gasteiger partial charge in [-0.05, 0) is 50.8 Å². The summed E-state index contributed by atoms with van der Waals surface area (Å²) in [5.41, 5.74) is 4.67. The Morgan fingerprint density at radius 3 is 2.69 bits per heavy atom. The van der Waals surface area contributed by atoms with Gasteiger partial charge in [0.15, 0.2) is 5.82 Å². The predicted molar refractivity (Wildman–Crippen MR) is 132 cm³/mol. The molecule has 5 heterocycles. The van der Waals surface area contributed by atoms with Crippen LogP contribution in [0.25, 0.3) is 11.5 Å². The van der Waals surface area contributed by atoms with Crippen LogP contribution >= 0.6 is 0 Å².